The van der Waals surface area contributed by atoms with E-state index in [2.05, 4.69) is 17.3 Å². The van der Waals surface area contributed by atoms with Crippen LogP contribution in [-0.4, -0.2) is 32.3 Å². The van der Waals surface area contributed by atoms with Gasteiger partial charge in [-0.1, -0.05) is 25.1 Å². The Labute approximate surface area is 146 Å². The van der Waals surface area contributed by atoms with Gasteiger partial charge >= 0.3 is 5.97 Å². The topological polar surface area (TPSA) is 84.2 Å². The third-order valence-corrected chi connectivity index (χ3v) is 5.05. The van der Waals surface area contributed by atoms with Crippen molar-refractivity contribution in [3.05, 3.63) is 47.8 Å². The number of carbonyl (C=O) groups is 2. The second kappa shape index (κ2) is 6.70. The predicted molar refractivity (Wildman–Crippen MR) is 93.8 cm³/mol. The Hall–Kier alpha value is -2.63. The quantitative estimate of drug-likeness (QED) is 0.895. The summed E-state index contributed by atoms with van der Waals surface area (Å²) in [6, 6.07) is 9.50. The van der Waals surface area contributed by atoms with Crippen LogP contribution in [0, 0.1) is 12.8 Å². The molecule has 0 bridgehead atoms. The predicted octanol–water partition coefficient (Wildman–Crippen LogP) is 2.94. The summed E-state index contributed by atoms with van der Waals surface area (Å²) in [5.41, 5.74) is 0.656. The molecule has 1 aliphatic rings. The lowest BCUT2D eigenvalue weighted by molar-refractivity contribution is -0.146. The van der Waals surface area contributed by atoms with Gasteiger partial charge in [0.05, 0.1) is 16.9 Å². The smallest absolute Gasteiger partial charge is 0.329 e. The van der Waals surface area contributed by atoms with Gasteiger partial charge < -0.3 is 10.4 Å². The maximum absolute atomic E-state index is 12.7. The third kappa shape index (κ3) is 3.43. The Kier molecular flexibility index (Phi) is 4.61. The molecule has 3 rings (SSSR count). The van der Waals surface area contributed by atoms with Crippen LogP contribution in [0.3, 0.4) is 0 Å². The lowest BCUT2D eigenvalue weighted by atomic mass is 9.77. The number of carboxylic acids is 1. The minimum absolute atomic E-state index is 0.378. The first-order valence-electron chi connectivity index (χ1n) is 8.59. The van der Waals surface area contributed by atoms with Crippen molar-refractivity contribution in [3.63, 3.8) is 0 Å². The van der Waals surface area contributed by atoms with Crippen molar-refractivity contribution in [1.29, 1.82) is 0 Å². The first-order valence-corrected chi connectivity index (χ1v) is 8.59. The number of nitrogens with zero attached hydrogens (tertiary/aromatic N) is 2. The number of aryl methyl sites for hydroxylation is 1. The van der Waals surface area contributed by atoms with Crippen LogP contribution in [0.1, 0.15) is 48.7 Å². The first-order chi connectivity index (χ1) is 11.9. The number of benzene rings is 1. The van der Waals surface area contributed by atoms with Crippen LogP contribution >= 0.6 is 0 Å². The standard InChI is InChI=1S/C19H23N3O3/c1-13-8-10-19(11-9-13,18(24)25)20-17(23)16-12-22(21-14(16)2)15-6-4-3-5-7-15/h3-7,12-13H,8-11H2,1-2H3,(H,20,23)(H,24,25). The van der Waals surface area contributed by atoms with Crippen molar-refractivity contribution in [1.82, 2.24) is 15.1 Å². The molecule has 0 spiro atoms. The number of aromatic nitrogens is 2. The fourth-order valence-electron chi connectivity index (χ4n) is 3.33. The molecule has 0 unspecified atom stereocenters. The minimum Gasteiger partial charge on any atom is -0.480 e. The highest BCUT2D eigenvalue weighted by Crippen LogP contribution is 2.32. The maximum atomic E-state index is 12.7. The van der Waals surface area contributed by atoms with Gasteiger partial charge in [0.15, 0.2) is 0 Å². The van der Waals surface area contributed by atoms with Gasteiger partial charge in [0, 0.05) is 6.20 Å². The largest absolute Gasteiger partial charge is 0.480 e. The first kappa shape index (κ1) is 17.2. The summed E-state index contributed by atoms with van der Waals surface area (Å²) in [6.07, 6.45) is 4.17. The summed E-state index contributed by atoms with van der Waals surface area (Å²) in [5.74, 6) is -0.843. The molecule has 132 valence electrons. The number of aliphatic carboxylic acids is 1. The van der Waals surface area contributed by atoms with Gasteiger partial charge in [-0.25, -0.2) is 9.48 Å². The molecule has 2 N–H and O–H groups in total. The second-order valence-electron chi connectivity index (χ2n) is 6.93. The molecule has 25 heavy (non-hydrogen) atoms. The van der Waals surface area contributed by atoms with Crippen LogP contribution in [0.4, 0.5) is 0 Å². The molecule has 1 aliphatic carbocycles. The van der Waals surface area contributed by atoms with E-state index in [0.29, 0.717) is 30.0 Å². The molecular weight excluding hydrogens is 318 g/mol. The molecule has 6 heteroatoms. The Morgan fingerprint density at radius 2 is 1.88 bits per heavy atom. The van der Waals surface area contributed by atoms with E-state index in [0.717, 1.165) is 18.5 Å². The average molecular weight is 341 g/mol. The summed E-state index contributed by atoms with van der Waals surface area (Å²) in [6.45, 7) is 3.87. The summed E-state index contributed by atoms with van der Waals surface area (Å²) < 4.78 is 1.64. The Balaban J connectivity index is 1.83. The van der Waals surface area contributed by atoms with Crippen LogP contribution in [0.15, 0.2) is 36.5 Å². The number of hydrogen-bond donors (Lipinski definition) is 2. The molecule has 0 saturated heterocycles. The van der Waals surface area contributed by atoms with Gasteiger partial charge in [-0.15, -0.1) is 0 Å². The van der Waals surface area contributed by atoms with E-state index in [1.54, 1.807) is 17.8 Å². The fraction of sp³-hybridized carbons (Fsp3) is 0.421. The van der Waals surface area contributed by atoms with Crippen LogP contribution in [0.25, 0.3) is 5.69 Å². The molecule has 0 aliphatic heterocycles. The molecule has 0 radical (unpaired) electrons. The van der Waals surface area contributed by atoms with Crippen LogP contribution in [-0.2, 0) is 4.79 Å². The molecule has 1 fully saturated rings. The number of carboxylic acid groups (broad SMARTS) is 1. The van der Waals surface area contributed by atoms with E-state index in [-0.39, 0.29) is 5.91 Å². The number of hydrogen-bond acceptors (Lipinski definition) is 3. The zero-order chi connectivity index (χ0) is 18.0. The summed E-state index contributed by atoms with van der Waals surface area (Å²) >= 11 is 0. The van der Waals surface area contributed by atoms with Gasteiger partial charge in [0.1, 0.15) is 5.54 Å². The minimum atomic E-state index is -1.18. The van der Waals surface area contributed by atoms with Gasteiger partial charge in [0.2, 0.25) is 0 Å². The van der Waals surface area contributed by atoms with Crippen LogP contribution in [0.2, 0.25) is 0 Å². The van der Waals surface area contributed by atoms with E-state index < -0.39 is 11.5 Å². The lowest BCUT2D eigenvalue weighted by Gasteiger charge is -2.36. The van der Waals surface area contributed by atoms with E-state index in [9.17, 15) is 14.7 Å². The number of carbonyl (C=O) groups excluding carboxylic acids is 1. The molecule has 1 saturated carbocycles. The number of nitrogens with one attached hydrogen (secondary N) is 1. The SMILES string of the molecule is Cc1nn(-c2ccccc2)cc1C(=O)NC1(C(=O)O)CCC(C)CC1. The Bertz CT molecular complexity index is 774. The van der Waals surface area contributed by atoms with E-state index in [4.69, 9.17) is 0 Å². The zero-order valence-electron chi connectivity index (χ0n) is 14.5. The van der Waals surface area contributed by atoms with Crippen molar-refractivity contribution in [2.45, 2.75) is 45.1 Å². The number of amides is 1. The van der Waals surface area contributed by atoms with Gasteiger partial charge in [-0.3, -0.25) is 4.79 Å². The summed E-state index contributed by atoms with van der Waals surface area (Å²) in [7, 11) is 0. The summed E-state index contributed by atoms with van der Waals surface area (Å²) in [4.78, 5) is 24.6. The monoisotopic (exact) mass is 341 g/mol. The van der Waals surface area contributed by atoms with E-state index in [1.165, 1.54) is 0 Å². The van der Waals surface area contributed by atoms with Gasteiger partial charge in [0.25, 0.3) is 5.91 Å². The van der Waals surface area contributed by atoms with Crippen molar-refractivity contribution < 1.29 is 14.7 Å². The van der Waals surface area contributed by atoms with E-state index in [1.807, 2.05) is 30.3 Å². The van der Waals surface area contributed by atoms with Gasteiger partial charge in [-0.2, -0.15) is 5.10 Å². The summed E-state index contributed by atoms with van der Waals surface area (Å²) in [5, 5.41) is 16.9. The molecule has 6 nitrogen and oxygen atoms in total. The van der Waals surface area contributed by atoms with Crippen LogP contribution in [0.5, 0.6) is 0 Å². The molecule has 1 amide bonds. The number of para-hydroxylation sites is 1. The lowest BCUT2D eigenvalue weighted by Crippen LogP contribution is -2.56. The third-order valence-electron chi connectivity index (χ3n) is 5.05. The van der Waals surface area contributed by atoms with Crippen molar-refractivity contribution in [2.75, 3.05) is 0 Å². The van der Waals surface area contributed by atoms with Crippen molar-refractivity contribution in [2.24, 2.45) is 5.92 Å². The fourth-order valence-corrected chi connectivity index (χ4v) is 3.33. The molecule has 1 heterocycles. The molecule has 1 aromatic carbocycles. The highest BCUT2D eigenvalue weighted by molar-refractivity contribution is 5.98. The van der Waals surface area contributed by atoms with E-state index >= 15 is 0 Å². The zero-order valence-corrected chi connectivity index (χ0v) is 14.5. The molecular formula is C19H23N3O3. The van der Waals surface area contributed by atoms with Crippen LogP contribution < -0.4 is 5.32 Å². The molecule has 2 aromatic rings. The second-order valence-corrected chi connectivity index (χ2v) is 6.93. The Morgan fingerprint density at radius 3 is 2.48 bits per heavy atom. The number of rotatable bonds is 4. The van der Waals surface area contributed by atoms with Gasteiger partial charge in [-0.05, 0) is 50.7 Å². The van der Waals surface area contributed by atoms with Crippen molar-refractivity contribution in [3.8, 4) is 5.69 Å². The molecule has 1 aromatic heterocycles. The average Bonchev–Trinajstić information content (AvgIpc) is 3.00. The highest BCUT2D eigenvalue weighted by Gasteiger charge is 2.42. The normalized spacial score (nSPS) is 23.2. The molecule has 0 atom stereocenters. The maximum Gasteiger partial charge on any atom is 0.329 e. The van der Waals surface area contributed by atoms with Crippen molar-refractivity contribution >= 4 is 11.9 Å². The Morgan fingerprint density at radius 1 is 1.24 bits per heavy atom. The highest BCUT2D eigenvalue weighted by atomic mass is 16.4.